The van der Waals surface area contributed by atoms with E-state index in [9.17, 15) is 0 Å². The van der Waals surface area contributed by atoms with Gasteiger partial charge in [0, 0.05) is 21.2 Å². The first kappa shape index (κ1) is 11.3. The van der Waals surface area contributed by atoms with Gasteiger partial charge in [-0.25, -0.2) is 0 Å². The summed E-state index contributed by atoms with van der Waals surface area (Å²) >= 11 is 6.90. The van der Waals surface area contributed by atoms with E-state index in [1.54, 1.807) is 22.7 Å². The molecule has 0 aliphatic carbocycles. The van der Waals surface area contributed by atoms with Gasteiger partial charge in [-0.15, -0.1) is 22.7 Å². The van der Waals surface area contributed by atoms with Gasteiger partial charge in [0.1, 0.15) is 0 Å². The highest BCUT2D eigenvalue weighted by molar-refractivity contribution is 9.11. The van der Waals surface area contributed by atoms with Gasteiger partial charge in [-0.2, -0.15) is 0 Å². The summed E-state index contributed by atoms with van der Waals surface area (Å²) in [5.74, 6) is 0. The molecule has 4 N–H and O–H groups in total. The monoisotopic (exact) mass is 302 g/mol. The first-order valence-corrected chi connectivity index (χ1v) is 6.94. The fourth-order valence-electron chi connectivity index (χ4n) is 1.25. The van der Waals surface area contributed by atoms with Crippen molar-refractivity contribution in [2.45, 2.75) is 6.04 Å². The third kappa shape index (κ3) is 2.49. The molecule has 0 fully saturated rings. The Kier molecular flexibility index (Phi) is 3.58. The van der Waals surface area contributed by atoms with Crippen LogP contribution in [0.4, 0.5) is 0 Å². The van der Waals surface area contributed by atoms with Crippen molar-refractivity contribution < 1.29 is 0 Å². The molecule has 2 rings (SSSR count). The number of rotatable bonds is 3. The van der Waals surface area contributed by atoms with Gasteiger partial charge < -0.3 is 11.5 Å². The summed E-state index contributed by atoms with van der Waals surface area (Å²) < 4.78 is 1.15. The van der Waals surface area contributed by atoms with E-state index in [1.165, 1.54) is 9.75 Å². The Morgan fingerprint density at radius 3 is 2.40 bits per heavy atom. The predicted octanol–water partition coefficient (Wildman–Crippen LogP) is 3.20. The van der Waals surface area contributed by atoms with Crippen LogP contribution in [0.25, 0.3) is 9.75 Å². The molecule has 0 amide bonds. The molecule has 0 spiro atoms. The molecule has 2 aromatic heterocycles. The molecule has 0 aliphatic heterocycles. The minimum atomic E-state index is -0.0350. The summed E-state index contributed by atoms with van der Waals surface area (Å²) in [5.41, 5.74) is 11.4. The third-order valence-corrected chi connectivity index (χ3v) is 5.10. The fourth-order valence-corrected chi connectivity index (χ4v) is 3.75. The van der Waals surface area contributed by atoms with Crippen LogP contribution in [-0.2, 0) is 0 Å². The molecule has 0 bridgehead atoms. The molecule has 0 saturated carbocycles. The van der Waals surface area contributed by atoms with Crippen LogP contribution in [-0.4, -0.2) is 6.54 Å². The smallest absolute Gasteiger partial charge is 0.0705 e. The average Bonchev–Trinajstić information content (AvgIpc) is 2.84. The number of hydrogen-bond donors (Lipinski definition) is 2. The van der Waals surface area contributed by atoms with Crippen molar-refractivity contribution in [1.82, 2.24) is 0 Å². The molecule has 2 aromatic rings. The summed E-state index contributed by atoms with van der Waals surface area (Å²) in [6, 6.07) is 8.30. The van der Waals surface area contributed by atoms with Crippen LogP contribution in [0, 0.1) is 0 Å². The molecule has 0 radical (unpaired) electrons. The Morgan fingerprint density at radius 2 is 1.80 bits per heavy atom. The van der Waals surface area contributed by atoms with E-state index < -0.39 is 0 Å². The molecule has 0 saturated heterocycles. The number of hydrogen-bond acceptors (Lipinski definition) is 4. The van der Waals surface area contributed by atoms with Gasteiger partial charge in [0.15, 0.2) is 0 Å². The summed E-state index contributed by atoms with van der Waals surface area (Å²) in [6.45, 7) is 0.494. The standard InChI is InChI=1S/C10H11BrN2S2/c11-10-4-3-9(15-10)8-2-1-7(14-8)6(13)5-12/h1-4,6H,5,12-13H2. The summed E-state index contributed by atoms with van der Waals surface area (Å²) in [5, 5.41) is 0. The maximum atomic E-state index is 5.87. The maximum Gasteiger partial charge on any atom is 0.0705 e. The zero-order chi connectivity index (χ0) is 10.8. The normalized spacial score (nSPS) is 13.0. The maximum absolute atomic E-state index is 5.87. The lowest BCUT2D eigenvalue weighted by molar-refractivity contribution is 0.752. The molecule has 80 valence electrons. The fraction of sp³-hybridized carbons (Fsp3) is 0.200. The first-order chi connectivity index (χ1) is 7.20. The van der Waals surface area contributed by atoms with E-state index in [4.69, 9.17) is 11.5 Å². The Morgan fingerprint density at radius 1 is 1.13 bits per heavy atom. The van der Waals surface area contributed by atoms with Crippen LogP contribution < -0.4 is 11.5 Å². The Balaban J connectivity index is 2.27. The van der Waals surface area contributed by atoms with Crippen molar-refractivity contribution in [3.8, 4) is 9.75 Å². The van der Waals surface area contributed by atoms with Crippen molar-refractivity contribution in [3.05, 3.63) is 32.9 Å². The lowest BCUT2D eigenvalue weighted by Crippen LogP contribution is -2.19. The van der Waals surface area contributed by atoms with Gasteiger partial charge in [0.25, 0.3) is 0 Å². The first-order valence-electron chi connectivity index (χ1n) is 4.52. The van der Waals surface area contributed by atoms with Crippen LogP contribution in [0.5, 0.6) is 0 Å². The van der Waals surface area contributed by atoms with Gasteiger partial charge >= 0.3 is 0 Å². The molecule has 2 nitrogen and oxygen atoms in total. The molecule has 0 aromatic carbocycles. The highest BCUT2D eigenvalue weighted by atomic mass is 79.9. The third-order valence-electron chi connectivity index (χ3n) is 2.06. The highest BCUT2D eigenvalue weighted by Crippen LogP contribution is 2.36. The predicted molar refractivity (Wildman–Crippen MR) is 71.3 cm³/mol. The highest BCUT2D eigenvalue weighted by Gasteiger charge is 2.09. The Hall–Kier alpha value is -0.200. The molecule has 1 atom stereocenters. The van der Waals surface area contributed by atoms with E-state index in [0.717, 1.165) is 8.66 Å². The Bertz CT molecular complexity index is 450. The van der Waals surface area contributed by atoms with Crippen molar-refractivity contribution in [3.63, 3.8) is 0 Å². The molecule has 2 heterocycles. The van der Waals surface area contributed by atoms with Gasteiger partial charge in [0.05, 0.1) is 9.83 Å². The lowest BCUT2D eigenvalue weighted by Gasteiger charge is -2.03. The zero-order valence-corrected chi connectivity index (χ0v) is 11.2. The van der Waals surface area contributed by atoms with Crippen LogP contribution in [0.3, 0.4) is 0 Å². The van der Waals surface area contributed by atoms with Crippen LogP contribution >= 0.6 is 38.6 Å². The number of halogens is 1. The second kappa shape index (κ2) is 4.76. The second-order valence-corrected chi connectivity index (χ2v) is 6.73. The van der Waals surface area contributed by atoms with Crippen molar-refractivity contribution >= 4 is 38.6 Å². The van der Waals surface area contributed by atoms with E-state index >= 15 is 0 Å². The van der Waals surface area contributed by atoms with Gasteiger partial charge in [-0.3, -0.25) is 0 Å². The van der Waals surface area contributed by atoms with Crippen LogP contribution in [0.2, 0.25) is 0 Å². The second-order valence-electron chi connectivity index (χ2n) is 3.15. The molecule has 0 aliphatic rings. The minimum Gasteiger partial charge on any atom is -0.329 e. The summed E-state index contributed by atoms with van der Waals surface area (Å²) in [7, 11) is 0. The van der Waals surface area contributed by atoms with E-state index in [0.29, 0.717) is 6.54 Å². The zero-order valence-electron chi connectivity index (χ0n) is 7.94. The van der Waals surface area contributed by atoms with Gasteiger partial charge in [-0.1, -0.05) is 0 Å². The number of nitrogens with two attached hydrogens (primary N) is 2. The summed E-state index contributed by atoms with van der Waals surface area (Å²) in [6.07, 6.45) is 0. The number of thiophene rings is 2. The van der Waals surface area contributed by atoms with Crippen molar-refractivity contribution in [2.24, 2.45) is 11.5 Å². The van der Waals surface area contributed by atoms with Gasteiger partial charge in [0.2, 0.25) is 0 Å². The molecule has 15 heavy (non-hydrogen) atoms. The van der Waals surface area contributed by atoms with E-state index in [-0.39, 0.29) is 6.04 Å². The SMILES string of the molecule is NCC(N)c1ccc(-c2ccc(Br)s2)s1. The van der Waals surface area contributed by atoms with E-state index in [2.05, 4.69) is 40.2 Å². The van der Waals surface area contributed by atoms with Crippen molar-refractivity contribution in [2.75, 3.05) is 6.54 Å². The molecular formula is C10H11BrN2S2. The Labute approximate surface area is 105 Å². The van der Waals surface area contributed by atoms with Crippen LogP contribution in [0.1, 0.15) is 10.9 Å². The molecular weight excluding hydrogens is 292 g/mol. The van der Waals surface area contributed by atoms with Crippen molar-refractivity contribution in [1.29, 1.82) is 0 Å². The minimum absolute atomic E-state index is 0.0350. The average molecular weight is 303 g/mol. The van der Waals surface area contributed by atoms with Gasteiger partial charge in [-0.05, 0) is 40.2 Å². The molecule has 1 unspecified atom stereocenters. The van der Waals surface area contributed by atoms with Crippen LogP contribution in [0.15, 0.2) is 28.1 Å². The quantitative estimate of drug-likeness (QED) is 0.915. The van der Waals surface area contributed by atoms with E-state index in [1.807, 2.05) is 0 Å². The summed E-state index contributed by atoms with van der Waals surface area (Å²) in [4.78, 5) is 3.67. The topological polar surface area (TPSA) is 52.0 Å². The lowest BCUT2D eigenvalue weighted by atomic mass is 10.2. The molecule has 5 heteroatoms. The largest absolute Gasteiger partial charge is 0.329 e.